The Morgan fingerprint density at radius 3 is 2.77 bits per heavy atom. The number of aliphatic hydroxyl groups excluding tert-OH is 1. The summed E-state index contributed by atoms with van der Waals surface area (Å²) in [7, 11) is 3.71. The summed E-state index contributed by atoms with van der Waals surface area (Å²) in [5, 5.41) is 20.6. The molecule has 1 aromatic heterocycles. The van der Waals surface area contributed by atoms with Gasteiger partial charge in [-0.25, -0.2) is 4.79 Å². The fourth-order valence-corrected chi connectivity index (χ4v) is 2.67. The number of nitrogens with zero attached hydrogens (tertiary/aromatic N) is 4. The van der Waals surface area contributed by atoms with Crippen LogP contribution in [-0.4, -0.2) is 60.0 Å². The number of hydrogen-bond donors (Lipinski definition) is 2. The van der Waals surface area contributed by atoms with Gasteiger partial charge in [0.2, 0.25) is 0 Å². The van der Waals surface area contributed by atoms with E-state index in [1.807, 2.05) is 38.9 Å². The van der Waals surface area contributed by atoms with Crippen LogP contribution in [0, 0.1) is 18.3 Å². The number of hydrogen-bond acceptors (Lipinski definition) is 5. The lowest BCUT2D eigenvalue weighted by atomic mass is 9.82. The second kappa shape index (κ2) is 6.08. The molecule has 7 heteroatoms. The number of rotatable bonds is 3. The van der Waals surface area contributed by atoms with Gasteiger partial charge in [0, 0.05) is 32.6 Å². The van der Waals surface area contributed by atoms with E-state index in [4.69, 9.17) is 0 Å². The molecule has 1 aliphatic rings. The van der Waals surface area contributed by atoms with Crippen LogP contribution in [-0.2, 0) is 0 Å². The highest BCUT2D eigenvalue weighted by atomic mass is 16.3. The van der Waals surface area contributed by atoms with Crippen molar-refractivity contribution in [1.82, 2.24) is 15.1 Å². The largest absolute Gasteiger partial charge is 0.396 e. The molecule has 7 nitrogen and oxygen atoms in total. The zero-order chi connectivity index (χ0) is 16.5. The molecular weight excluding hydrogens is 282 g/mol. The van der Waals surface area contributed by atoms with Crippen LogP contribution in [0.4, 0.5) is 16.3 Å². The lowest BCUT2D eigenvalue weighted by Gasteiger charge is -2.25. The van der Waals surface area contributed by atoms with E-state index in [9.17, 15) is 9.90 Å². The molecule has 2 atom stereocenters. The Kier molecular flexibility index (Phi) is 4.55. The van der Waals surface area contributed by atoms with Gasteiger partial charge in [-0.1, -0.05) is 13.8 Å². The Morgan fingerprint density at radius 2 is 2.23 bits per heavy atom. The van der Waals surface area contributed by atoms with Gasteiger partial charge in [0.25, 0.3) is 0 Å². The summed E-state index contributed by atoms with van der Waals surface area (Å²) in [5.74, 6) is 0.880. The first-order valence-corrected chi connectivity index (χ1v) is 7.45. The highest BCUT2D eigenvalue weighted by molar-refractivity contribution is 5.92. The zero-order valence-electron chi connectivity index (χ0n) is 13.9. The Balaban J connectivity index is 2.15. The van der Waals surface area contributed by atoms with Gasteiger partial charge in [-0.05, 0) is 18.9 Å². The second-order valence-electron chi connectivity index (χ2n) is 6.64. The van der Waals surface area contributed by atoms with E-state index in [1.165, 1.54) is 0 Å². The molecule has 1 aliphatic heterocycles. The van der Waals surface area contributed by atoms with Crippen molar-refractivity contribution in [2.75, 3.05) is 44.0 Å². The third-order valence-electron chi connectivity index (χ3n) is 4.45. The van der Waals surface area contributed by atoms with E-state index < -0.39 is 0 Å². The summed E-state index contributed by atoms with van der Waals surface area (Å²) in [6.45, 7) is 7.17. The number of aromatic nitrogens is 2. The first-order valence-electron chi connectivity index (χ1n) is 7.45. The highest BCUT2D eigenvalue weighted by Gasteiger charge is 2.41. The van der Waals surface area contributed by atoms with Crippen LogP contribution >= 0.6 is 0 Å². The monoisotopic (exact) mass is 307 g/mol. The van der Waals surface area contributed by atoms with Crippen LogP contribution in [0.5, 0.6) is 0 Å². The predicted octanol–water partition coefficient (Wildman–Crippen LogP) is 1.33. The fourth-order valence-electron chi connectivity index (χ4n) is 2.67. The van der Waals surface area contributed by atoms with Gasteiger partial charge in [0.15, 0.2) is 5.82 Å². The van der Waals surface area contributed by atoms with Gasteiger partial charge < -0.3 is 20.2 Å². The molecule has 22 heavy (non-hydrogen) atoms. The average molecular weight is 307 g/mol. The molecule has 2 rings (SSSR count). The van der Waals surface area contributed by atoms with Gasteiger partial charge in [0.05, 0.1) is 18.0 Å². The predicted molar refractivity (Wildman–Crippen MR) is 86.0 cm³/mol. The van der Waals surface area contributed by atoms with Crippen molar-refractivity contribution in [3.63, 3.8) is 0 Å². The highest BCUT2D eigenvalue weighted by Crippen LogP contribution is 2.35. The van der Waals surface area contributed by atoms with Gasteiger partial charge in [-0.3, -0.25) is 0 Å². The second-order valence-corrected chi connectivity index (χ2v) is 6.64. The lowest BCUT2D eigenvalue weighted by Crippen LogP contribution is -2.36. The average Bonchev–Trinajstić information content (AvgIpc) is 2.75. The van der Waals surface area contributed by atoms with E-state index >= 15 is 0 Å². The maximum Gasteiger partial charge on any atom is 0.321 e. The van der Waals surface area contributed by atoms with Crippen LogP contribution in [0.25, 0.3) is 0 Å². The molecule has 0 spiro atoms. The van der Waals surface area contributed by atoms with Gasteiger partial charge >= 0.3 is 6.03 Å². The summed E-state index contributed by atoms with van der Waals surface area (Å²) < 4.78 is 0. The topological polar surface area (TPSA) is 81.6 Å². The van der Waals surface area contributed by atoms with Crippen molar-refractivity contribution in [2.24, 2.45) is 11.3 Å². The van der Waals surface area contributed by atoms with Crippen molar-refractivity contribution in [3.05, 3.63) is 11.8 Å². The number of amides is 2. The minimum atomic E-state index is -0.242. The molecule has 1 fully saturated rings. The zero-order valence-corrected chi connectivity index (χ0v) is 13.9. The molecule has 1 aromatic rings. The van der Waals surface area contributed by atoms with E-state index in [0.29, 0.717) is 24.6 Å². The third-order valence-corrected chi connectivity index (χ3v) is 4.45. The van der Waals surface area contributed by atoms with Crippen molar-refractivity contribution in [3.8, 4) is 0 Å². The third kappa shape index (κ3) is 3.14. The standard InChI is InChI=1S/C15H25N5O2/c1-10-7-20(8-15(10,3)9-21)14(22)16-12-6-11(2)17-18-13(12)19(4)5/h6,10,21H,7-9H2,1-5H3,(H,16,17,22). The number of nitrogens with one attached hydrogen (secondary N) is 1. The molecule has 0 radical (unpaired) electrons. The van der Waals surface area contributed by atoms with Crippen LogP contribution < -0.4 is 10.2 Å². The Bertz CT molecular complexity index is 563. The summed E-state index contributed by atoms with van der Waals surface area (Å²) in [5.41, 5.74) is 1.15. The van der Waals surface area contributed by atoms with E-state index in [-0.39, 0.29) is 24.0 Å². The van der Waals surface area contributed by atoms with Crippen molar-refractivity contribution < 1.29 is 9.90 Å². The van der Waals surface area contributed by atoms with Gasteiger partial charge in [-0.15, -0.1) is 5.10 Å². The molecular formula is C15H25N5O2. The summed E-state index contributed by atoms with van der Waals surface area (Å²) >= 11 is 0. The molecule has 2 amide bonds. The Hall–Kier alpha value is -1.89. The molecule has 0 bridgehead atoms. The van der Waals surface area contributed by atoms with Gasteiger partial charge in [-0.2, -0.15) is 5.10 Å². The maximum absolute atomic E-state index is 12.5. The molecule has 2 unspecified atom stereocenters. The summed E-state index contributed by atoms with van der Waals surface area (Å²) in [4.78, 5) is 16.1. The summed E-state index contributed by atoms with van der Waals surface area (Å²) in [6.07, 6.45) is 0. The van der Waals surface area contributed by atoms with Crippen molar-refractivity contribution >= 4 is 17.5 Å². The normalized spacial score (nSPS) is 24.5. The molecule has 2 heterocycles. The summed E-state index contributed by atoms with van der Waals surface area (Å²) in [6, 6.07) is 1.64. The van der Waals surface area contributed by atoms with Crippen LogP contribution in [0.1, 0.15) is 19.5 Å². The van der Waals surface area contributed by atoms with Crippen LogP contribution in [0.15, 0.2) is 6.07 Å². The van der Waals surface area contributed by atoms with Crippen LogP contribution in [0.3, 0.4) is 0 Å². The Morgan fingerprint density at radius 1 is 1.55 bits per heavy atom. The molecule has 0 aliphatic carbocycles. The number of urea groups is 1. The number of aryl methyl sites for hydroxylation is 1. The number of anilines is 2. The van der Waals surface area contributed by atoms with E-state index in [2.05, 4.69) is 22.4 Å². The molecule has 2 N–H and O–H groups in total. The first kappa shape index (κ1) is 16.5. The van der Waals surface area contributed by atoms with Crippen LogP contribution in [0.2, 0.25) is 0 Å². The SMILES string of the molecule is Cc1cc(NC(=O)N2CC(C)C(C)(CO)C2)c(N(C)C)nn1. The first-order chi connectivity index (χ1) is 10.3. The smallest absolute Gasteiger partial charge is 0.321 e. The minimum Gasteiger partial charge on any atom is -0.396 e. The Labute approximate surface area is 131 Å². The molecule has 0 aromatic carbocycles. The van der Waals surface area contributed by atoms with Crippen molar-refractivity contribution in [1.29, 1.82) is 0 Å². The number of carbonyl (C=O) groups excluding carboxylic acids is 1. The number of aliphatic hydroxyl groups is 1. The molecule has 1 saturated heterocycles. The maximum atomic E-state index is 12.5. The van der Waals surface area contributed by atoms with Gasteiger partial charge in [0.1, 0.15) is 0 Å². The van der Waals surface area contributed by atoms with E-state index in [0.717, 1.165) is 5.69 Å². The minimum absolute atomic E-state index is 0.0802. The number of likely N-dealkylation sites (tertiary alicyclic amines) is 1. The fraction of sp³-hybridized carbons (Fsp3) is 0.667. The molecule has 0 saturated carbocycles. The number of carbonyl (C=O) groups is 1. The van der Waals surface area contributed by atoms with Crippen molar-refractivity contribution in [2.45, 2.75) is 20.8 Å². The lowest BCUT2D eigenvalue weighted by molar-refractivity contribution is 0.119. The quantitative estimate of drug-likeness (QED) is 0.880. The van der Waals surface area contributed by atoms with E-state index in [1.54, 1.807) is 4.90 Å². The molecule has 122 valence electrons.